The molecule has 0 unspecified atom stereocenters. The third-order valence-corrected chi connectivity index (χ3v) is 5.07. The smallest absolute Gasteiger partial charge is 0.335 e. The highest BCUT2D eigenvalue weighted by Crippen LogP contribution is 2.27. The van der Waals surface area contributed by atoms with Crippen LogP contribution in [0.15, 0.2) is 6.07 Å². The second-order valence-corrected chi connectivity index (χ2v) is 6.74. The number of hydrogen-bond acceptors (Lipinski definition) is 6. The van der Waals surface area contributed by atoms with E-state index in [1.165, 1.54) is 19.3 Å². The first kappa shape index (κ1) is 17.0. The molecule has 0 saturated carbocycles. The summed E-state index contributed by atoms with van der Waals surface area (Å²) in [5.41, 5.74) is -0.605. The molecule has 2 fully saturated rings. The van der Waals surface area contributed by atoms with Crippen LogP contribution in [0.5, 0.6) is 0 Å². The van der Waals surface area contributed by atoms with Crippen LogP contribution in [0.2, 0.25) is 0 Å². The van der Waals surface area contributed by atoms with E-state index in [0.717, 1.165) is 37.0 Å². The fourth-order valence-electron chi connectivity index (χ4n) is 3.37. The van der Waals surface area contributed by atoms with Crippen molar-refractivity contribution in [2.45, 2.75) is 51.0 Å². The molecule has 0 aliphatic carbocycles. The van der Waals surface area contributed by atoms with Crippen molar-refractivity contribution in [1.82, 2.24) is 9.97 Å². The number of carbonyl (C=O) groups is 1. The first-order valence-corrected chi connectivity index (χ1v) is 8.85. The van der Waals surface area contributed by atoms with E-state index in [4.69, 9.17) is 10.1 Å². The Morgan fingerprint density at radius 2 is 1.79 bits per heavy atom. The normalized spacial score (nSPS) is 20.9. The molecule has 0 amide bonds. The highest BCUT2D eigenvalue weighted by Gasteiger charge is 2.39. The first-order valence-electron chi connectivity index (χ1n) is 8.85. The van der Waals surface area contributed by atoms with Gasteiger partial charge in [0, 0.05) is 50.8 Å². The van der Waals surface area contributed by atoms with Crippen molar-refractivity contribution in [3.8, 4) is 0 Å². The summed E-state index contributed by atoms with van der Waals surface area (Å²) in [4.78, 5) is 24.9. The summed E-state index contributed by atoms with van der Waals surface area (Å²) in [5.74, 6) is 0.492. The van der Waals surface area contributed by atoms with Crippen molar-refractivity contribution in [1.29, 1.82) is 0 Å². The standard InChI is InChI=1S/C17H26N4O3/c1-2-13-12-14(19-16(18-13)21-8-4-3-5-9-21)20-10-6-17(24,7-11-20)15(22)23/h12,24H,2-11H2,1H3,(H,22,23). The fourth-order valence-corrected chi connectivity index (χ4v) is 3.37. The summed E-state index contributed by atoms with van der Waals surface area (Å²) < 4.78 is 0. The topological polar surface area (TPSA) is 89.8 Å². The lowest BCUT2D eigenvalue weighted by Crippen LogP contribution is -2.49. The summed E-state index contributed by atoms with van der Waals surface area (Å²) in [6.07, 6.45) is 4.87. The van der Waals surface area contributed by atoms with Crippen LogP contribution in [0.25, 0.3) is 0 Å². The van der Waals surface area contributed by atoms with Gasteiger partial charge in [-0.1, -0.05) is 6.92 Å². The van der Waals surface area contributed by atoms with Crippen LogP contribution in [0.4, 0.5) is 11.8 Å². The van der Waals surface area contributed by atoms with Crippen molar-refractivity contribution in [2.75, 3.05) is 36.0 Å². The largest absolute Gasteiger partial charge is 0.479 e. The van der Waals surface area contributed by atoms with Crippen LogP contribution >= 0.6 is 0 Å². The van der Waals surface area contributed by atoms with Gasteiger partial charge in [0.2, 0.25) is 5.95 Å². The molecule has 2 aliphatic rings. The van der Waals surface area contributed by atoms with Gasteiger partial charge in [-0.2, -0.15) is 4.98 Å². The van der Waals surface area contributed by atoms with Gasteiger partial charge in [0.05, 0.1) is 0 Å². The van der Waals surface area contributed by atoms with Crippen LogP contribution in [0, 0.1) is 0 Å². The maximum absolute atomic E-state index is 11.2. The summed E-state index contributed by atoms with van der Waals surface area (Å²) in [6.45, 7) is 5.03. The third-order valence-electron chi connectivity index (χ3n) is 5.07. The molecule has 7 nitrogen and oxygen atoms in total. The first-order chi connectivity index (χ1) is 11.5. The number of anilines is 2. The van der Waals surface area contributed by atoms with Gasteiger partial charge in [0.1, 0.15) is 5.82 Å². The lowest BCUT2D eigenvalue weighted by molar-refractivity contribution is -0.160. The number of carboxylic acid groups (broad SMARTS) is 1. The SMILES string of the molecule is CCc1cc(N2CCC(O)(C(=O)O)CC2)nc(N2CCCCC2)n1. The van der Waals surface area contributed by atoms with Crippen LogP contribution < -0.4 is 9.80 Å². The van der Waals surface area contributed by atoms with E-state index in [9.17, 15) is 9.90 Å². The Hall–Kier alpha value is -1.89. The van der Waals surface area contributed by atoms with Gasteiger partial charge in [-0.05, 0) is 25.7 Å². The van der Waals surface area contributed by atoms with Crippen molar-refractivity contribution in [3.05, 3.63) is 11.8 Å². The van der Waals surface area contributed by atoms with Gasteiger partial charge >= 0.3 is 5.97 Å². The molecule has 1 aromatic rings. The van der Waals surface area contributed by atoms with Crippen molar-refractivity contribution in [2.24, 2.45) is 0 Å². The number of aryl methyl sites for hydroxylation is 1. The van der Waals surface area contributed by atoms with Crippen molar-refractivity contribution in [3.63, 3.8) is 0 Å². The van der Waals surface area contributed by atoms with Crippen molar-refractivity contribution < 1.29 is 15.0 Å². The van der Waals surface area contributed by atoms with Gasteiger partial charge in [0.25, 0.3) is 0 Å². The number of nitrogens with zero attached hydrogens (tertiary/aromatic N) is 4. The van der Waals surface area contributed by atoms with E-state index in [2.05, 4.69) is 21.7 Å². The molecule has 0 radical (unpaired) electrons. The molecule has 2 aliphatic heterocycles. The number of aromatic nitrogens is 2. The summed E-state index contributed by atoms with van der Waals surface area (Å²) >= 11 is 0. The van der Waals surface area contributed by atoms with Gasteiger partial charge in [0.15, 0.2) is 5.60 Å². The molecule has 132 valence electrons. The molecule has 0 bridgehead atoms. The number of piperidine rings is 2. The Balaban J connectivity index is 1.79. The summed E-state index contributed by atoms with van der Waals surface area (Å²) in [7, 11) is 0. The Morgan fingerprint density at radius 3 is 2.38 bits per heavy atom. The lowest BCUT2D eigenvalue weighted by atomic mass is 9.91. The average Bonchev–Trinajstić information content (AvgIpc) is 2.62. The number of carboxylic acids is 1. The fraction of sp³-hybridized carbons (Fsp3) is 0.706. The van der Waals surface area contributed by atoms with E-state index in [1.807, 2.05) is 6.07 Å². The molecule has 2 saturated heterocycles. The Bertz CT molecular complexity index is 593. The predicted molar refractivity (Wildman–Crippen MR) is 91.5 cm³/mol. The third kappa shape index (κ3) is 3.45. The molecule has 0 aromatic carbocycles. The summed E-state index contributed by atoms with van der Waals surface area (Å²) in [5, 5.41) is 19.3. The number of hydrogen-bond donors (Lipinski definition) is 2. The van der Waals surface area contributed by atoms with E-state index in [0.29, 0.717) is 13.1 Å². The molecular formula is C17H26N4O3. The number of aliphatic hydroxyl groups is 1. The highest BCUT2D eigenvalue weighted by atomic mass is 16.4. The lowest BCUT2D eigenvalue weighted by Gasteiger charge is -2.36. The van der Waals surface area contributed by atoms with Gasteiger partial charge < -0.3 is 20.0 Å². The summed E-state index contributed by atoms with van der Waals surface area (Å²) in [6, 6.07) is 1.98. The minimum atomic E-state index is -1.60. The van der Waals surface area contributed by atoms with Crippen LogP contribution in [-0.4, -0.2) is 57.9 Å². The van der Waals surface area contributed by atoms with Gasteiger partial charge in [-0.25, -0.2) is 9.78 Å². The Labute approximate surface area is 142 Å². The van der Waals surface area contributed by atoms with E-state index in [-0.39, 0.29) is 12.8 Å². The highest BCUT2D eigenvalue weighted by molar-refractivity contribution is 5.77. The Kier molecular flexibility index (Phi) is 4.89. The number of rotatable bonds is 4. The van der Waals surface area contributed by atoms with Crippen LogP contribution in [0.1, 0.15) is 44.7 Å². The molecule has 3 rings (SSSR count). The minimum Gasteiger partial charge on any atom is -0.479 e. The van der Waals surface area contributed by atoms with Crippen molar-refractivity contribution >= 4 is 17.7 Å². The predicted octanol–water partition coefficient (Wildman–Crippen LogP) is 1.45. The quantitative estimate of drug-likeness (QED) is 0.861. The maximum Gasteiger partial charge on any atom is 0.335 e. The molecule has 3 heterocycles. The number of aliphatic carboxylic acids is 1. The molecule has 0 atom stereocenters. The van der Waals surface area contributed by atoms with Gasteiger partial charge in [-0.3, -0.25) is 0 Å². The molecular weight excluding hydrogens is 308 g/mol. The van der Waals surface area contributed by atoms with E-state index >= 15 is 0 Å². The molecule has 7 heteroatoms. The second-order valence-electron chi connectivity index (χ2n) is 6.74. The monoisotopic (exact) mass is 334 g/mol. The van der Waals surface area contributed by atoms with Crippen LogP contribution in [0.3, 0.4) is 0 Å². The van der Waals surface area contributed by atoms with Crippen LogP contribution in [-0.2, 0) is 11.2 Å². The molecule has 1 aromatic heterocycles. The zero-order chi connectivity index (χ0) is 17.2. The zero-order valence-electron chi connectivity index (χ0n) is 14.2. The molecule has 0 spiro atoms. The maximum atomic E-state index is 11.2. The zero-order valence-corrected chi connectivity index (χ0v) is 14.2. The van der Waals surface area contributed by atoms with Gasteiger partial charge in [-0.15, -0.1) is 0 Å². The second kappa shape index (κ2) is 6.93. The molecule has 24 heavy (non-hydrogen) atoms. The molecule has 2 N–H and O–H groups in total. The average molecular weight is 334 g/mol. The van der Waals surface area contributed by atoms with E-state index < -0.39 is 11.6 Å². The minimum absolute atomic E-state index is 0.215. The Morgan fingerprint density at radius 1 is 1.12 bits per heavy atom. The van der Waals surface area contributed by atoms with E-state index in [1.54, 1.807) is 0 Å².